The van der Waals surface area contributed by atoms with Crippen LogP contribution in [0.4, 0.5) is 0 Å². The third-order valence-electron chi connectivity index (χ3n) is 7.18. The van der Waals surface area contributed by atoms with Crippen LogP contribution in [0, 0.1) is 0 Å². The lowest BCUT2D eigenvalue weighted by Crippen LogP contribution is -2.38. The third kappa shape index (κ3) is 3.84. The maximum absolute atomic E-state index is 4.93. The first kappa shape index (κ1) is 22.8. The summed E-state index contributed by atoms with van der Waals surface area (Å²) in [6.07, 6.45) is 2.00. The lowest BCUT2D eigenvalue weighted by Gasteiger charge is -2.22. The summed E-state index contributed by atoms with van der Waals surface area (Å²) >= 11 is 0. The molecule has 2 heteroatoms. The molecule has 0 aliphatic rings. The number of hydrogen-bond acceptors (Lipinski definition) is 1. The lowest BCUT2D eigenvalue weighted by atomic mass is 9.90. The largest absolute Gasteiger partial charge is 0.256 e. The Morgan fingerprint density at radius 1 is 0.588 bits per heavy atom. The summed E-state index contributed by atoms with van der Waals surface area (Å²) in [5, 5.41) is 9.53. The van der Waals surface area contributed by atoms with E-state index in [0.29, 0.717) is 11.8 Å². The quantitative estimate of drug-likeness (QED) is 0.192. The molecule has 0 N–H and O–H groups in total. The Balaban J connectivity index is 1.86. The Hall–Kier alpha value is -2.97. The van der Waals surface area contributed by atoms with Gasteiger partial charge in [0, 0.05) is 17.1 Å². The van der Waals surface area contributed by atoms with Crippen LogP contribution in [0.2, 0.25) is 19.6 Å². The first-order valence-corrected chi connectivity index (χ1v) is 16.0. The van der Waals surface area contributed by atoms with E-state index in [4.69, 9.17) is 4.98 Å². The molecule has 1 heterocycles. The number of fused-ring (bicyclic) bond motifs is 5. The van der Waals surface area contributed by atoms with Crippen molar-refractivity contribution in [2.75, 3.05) is 0 Å². The van der Waals surface area contributed by atoms with Gasteiger partial charge in [-0.2, -0.15) is 0 Å². The fourth-order valence-corrected chi connectivity index (χ4v) is 6.78. The monoisotopic (exact) mass is 461 g/mol. The predicted molar refractivity (Wildman–Crippen MR) is 153 cm³/mol. The smallest absolute Gasteiger partial charge is 0.0784 e. The van der Waals surface area contributed by atoms with Crippen molar-refractivity contribution in [1.82, 2.24) is 4.98 Å². The summed E-state index contributed by atoms with van der Waals surface area (Å²) in [6, 6.07) is 25.3. The van der Waals surface area contributed by atoms with Gasteiger partial charge in [-0.15, -0.1) is 0 Å². The Morgan fingerprint density at radius 3 is 1.76 bits per heavy atom. The normalized spacial score (nSPS) is 12.5. The number of hydrogen-bond donors (Lipinski definition) is 0. The number of aromatic nitrogens is 1. The van der Waals surface area contributed by atoms with Crippen molar-refractivity contribution in [1.29, 1.82) is 0 Å². The summed E-state index contributed by atoms with van der Waals surface area (Å²) < 4.78 is 0. The summed E-state index contributed by atoms with van der Waals surface area (Å²) in [5.41, 5.74) is 5.08. The van der Waals surface area contributed by atoms with Crippen LogP contribution in [-0.2, 0) is 0 Å². The highest BCUT2D eigenvalue weighted by Crippen LogP contribution is 2.36. The summed E-state index contributed by atoms with van der Waals surface area (Å²) in [5.74, 6) is 0.970. The van der Waals surface area contributed by atoms with Gasteiger partial charge in [0.2, 0.25) is 0 Å². The Morgan fingerprint density at radius 2 is 1.15 bits per heavy atom. The maximum Gasteiger partial charge on any atom is 0.0784 e. The first-order chi connectivity index (χ1) is 16.1. The van der Waals surface area contributed by atoms with Crippen molar-refractivity contribution in [3.8, 4) is 11.3 Å². The topological polar surface area (TPSA) is 12.9 Å². The number of benzene rings is 4. The van der Waals surface area contributed by atoms with Gasteiger partial charge in [-0.1, -0.05) is 101 Å². The molecule has 0 bridgehead atoms. The number of nitrogens with zero attached hydrogens (tertiary/aromatic N) is 1. The van der Waals surface area contributed by atoms with Gasteiger partial charge >= 0.3 is 0 Å². The minimum atomic E-state index is -1.54. The fourth-order valence-electron chi connectivity index (χ4n) is 5.17. The highest BCUT2D eigenvalue weighted by molar-refractivity contribution is 6.90. The minimum absolute atomic E-state index is 0.485. The molecule has 0 atom stereocenters. The molecule has 0 saturated heterocycles. The summed E-state index contributed by atoms with van der Waals surface area (Å²) in [4.78, 5) is 4.93. The Bertz CT molecular complexity index is 1510. The van der Waals surface area contributed by atoms with E-state index >= 15 is 0 Å². The molecular formula is C32H35NSi. The van der Waals surface area contributed by atoms with Gasteiger partial charge in [0.05, 0.1) is 13.8 Å². The van der Waals surface area contributed by atoms with Crippen LogP contribution < -0.4 is 5.19 Å². The molecule has 0 unspecified atom stereocenters. The number of pyridine rings is 1. The van der Waals surface area contributed by atoms with E-state index in [2.05, 4.69) is 114 Å². The minimum Gasteiger partial charge on any atom is -0.256 e. The van der Waals surface area contributed by atoms with Gasteiger partial charge in [-0.3, -0.25) is 4.98 Å². The van der Waals surface area contributed by atoms with Gasteiger partial charge in [-0.05, 0) is 68.1 Å². The van der Waals surface area contributed by atoms with Crippen LogP contribution in [0.1, 0.15) is 50.7 Å². The predicted octanol–water partition coefficient (Wildman–Crippen LogP) is 9.00. The fraction of sp³-hybridized carbons (Fsp3) is 0.281. The zero-order chi connectivity index (χ0) is 24.2. The van der Waals surface area contributed by atoms with Gasteiger partial charge in [0.15, 0.2) is 0 Å². The molecule has 5 aromatic rings. The van der Waals surface area contributed by atoms with Crippen LogP contribution in [0.25, 0.3) is 43.6 Å². The van der Waals surface area contributed by atoms with E-state index in [0.717, 1.165) is 5.69 Å². The first-order valence-electron chi connectivity index (χ1n) is 12.5. The third-order valence-corrected chi connectivity index (χ3v) is 9.21. The Kier molecular flexibility index (Phi) is 5.60. The van der Waals surface area contributed by atoms with Gasteiger partial charge in [0.25, 0.3) is 0 Å². The van der Waals surface area contributed by atoms with Crippen molar-refractivity contribution < 1.29 is 0 Å². The van der Waals surface area contributed by atoms with Crippen molar-refractivity contribution in [3.63, 3.8) is 0 Å². The lowest BCUT2D eigenvalue weighted by molar-refractivity contribution is 0.834. The molecule has 0 radical (unpaired) electrons. The summed E-state index contributed by atoms with van der Waals surface area (Å²) in [6.45, 7) is 16.4. The molecule has 172 valence electrons. The molecule has 4 aromatic carbocycles. The SMILES string of the molecule is CC(C)c1cc(-c2nccc3c2ccc2c4ccccc4c([Si](C)(C)C)cc32)cc(C(C)C)c1. The van der Waals surface area contributed by atoms with Gasteiger partial charge in [0.1, 0.15) is 0 Å². The zero-order valence-electron chi connectivity index (χ0n) is 21.5. The van der Waals surface area contributed by atoms with Crippen molar-refractivity contribution >= 4 is 45.6 Å². The van der Waals surface area contributed by atoms with E-state index in [9.17, 15) is 0 Å². The number of rotatable bonds is 4. The van der Waals surface area contributed by atoms with E-state index in [1.165, 1.54) is 54.2 Å². The molecular weight excluding hydrogens is 426 g/mol. The van der Waals surface area contributed by atoms with Crippen LogP contribution in [0.15, 0.2) is 72.9 Å². The molecule has 0 fully saturated rings. The molecule has 0 saturated carbocycles. The average molecular weight is 462 g/mol. The molecule has 0 aliphatic carbocycles. The maximum atomic E-state index is 4.93. The van der Waals surface area contributed by atoms with E-state index < -0.39 is 8.07 Å². The van der Waals surface area contributed by atoms with E-state index in [1.807, 2.05) is 6.20 Å². The van der Waals surface area contributed by atoms with Gasteiger partial charge < -0.3 is 0 Å². The van der Waals surface area contributed by atoms with E-state index in [-0.39, 0.29) is 0 Å². The van der Waals surface area contributed by atoms with Crippen molar-refractivity contribution in [2.45, 2.75) is 59.2 Å². The second-order valence-corrected chi connectivity index (χ2v) is 16.4. The average Bonchev–Trinajstić information content (AvgIpc) is 2.81. The molecule has 0 aliphatic heterocycles. The second-order valence-electron chi connectivity index (χ2n) is 11.3. The van der Waals surface area contributed by atoms with Crippen LogP contribution in [0.5, 0.6) is 0 Å². The highest BCUT2D eigenvalue weighted by atomic mass is 28.3. The van der Waals surface area contributed by atoms with Crippen LogP contribution in [-0.4, -0.2) is 13.1 Å². The van der Waals surface area contributed by atoms with Crippen molar-refractivity contribution in [3.05, 3.63) is 84.1 Å². The molecule has 0 spiro atoms. The Labute approximate surface area is 204 Å². The van der Waals surface area contributed by atoms with Crippen LogP contribution in [0.3, 0.4) is 0 Å². The van der Waals surface area contributed by atoms with Crippen molar-refractivity contribution in [2.24, 2.45) is 0 Å². The molecule has 1 nitrogen and oxygen atoms in total. The highest BCUT2D eigenvalue weighted by Gasteiger charge is 2.21. The van der Waals surface area contributed by atoms with E-state index in [1.54, 1.807) is 0 Å². The summed E-state index contributed by atoms with van der Waals surface area (Å²) in [7, 11) is -1.54. The molecule has 34 heavy (non-hydrogen) atoms. The van der Waals surface area contributed by atoms with Gasteiger partial charge in [-0.25, -0.2) is 0 Å². The second kappa shape index (κ2) is 8.36. The van der Waals surface area contributed by atoms with Crippen LogP contribution >= 0.6 is 0 Å². The zero-order valence-corrected chi connectivity index (χ0v) is 22.5. The molecule has 1 aromatic heterocycles. The molecule has 5 rings (SSSR count). The standard InChI is InChI=1S/C32H35NSi/c1-20(2)22-16-23(21(3)4)18-24(17-22)32-29-13-12-26-25-10-8-9-11-28(25)31(34(5,6)7)19-30(26)27(29)14-15-33-32/h8-21H,1-7H3. The molecule has 0 amide bonds.